The topological polar surface area (TPSA) is 54.0 Å². The van der Waals surface area contributed by atoms with E-state index in [0.29, 0.717) is 16.8 Å². The van der Waals surface area contributed by atoms with Crippen LogP contribution >= 0.6 is 11.6 Å². The number of nitrogens with zero attached hydrogens (tertiary/aromatic N) is 1. The van der Waals surface area contributed by atoms with Gasteiger partial charge in [0.15, 0.2) is 0 Å². The van der Waals surface area contributed by atoms with Crippen molar-refractivity contribution >= 4 is 23.3 Å². The molecule has 18 heavy (non-hydrogen) atoms. The zero-order valence-corrected chi connectivity index (χ0v) is 11.2. The maximum Gasteiger partial charge on any atom is 0.242 e. The lowest BCUT2D eigenvalue weighted by Crippen LogP contribution is -2.46. The molecule has 1 aliphatic heterocycles. The first-order valence-electron chi connectivity index (χ1n) is 6.35. The van der Waals surface area contributed by atoms with E-state index in [1.54, 1.807) is 12.1 Å². The van der Waals surface area contributed by atoms with Gasteiger partial charge >= 0.3 is 0 Å². The zero-order valence-electron chi connectivity index (χ0n) is 10.4. The molecular weight excluding hydrogens is 250 g/mol. The summed E-state index contributed by atoms with van der Waals surface area (Å²) in [4.78, 5) is 16.1. The zero-order chi connectivity index (χ0) is 13.0. The maximum absolute atomic E-state index is 12.1. The second-order valence-corrected chi connectivity index (χ2v) is 5.09. The minimum Gasteiger partial charge on any atom is -0.309 e. The summed E-state index contributed by atoms with van der Waals surface area (Å²) in [6, 6.07) is 3.31. The molecule has 1 fully saturated rings. The van der Waals surface area contributed by atoms with Crippen LogP contribution in [0.25, 0.3) is 0 Å². The van der Waals surface area contributed by atoms with Gasteiger partial charge in [-0.05, 0) is 37.4 Å². The Hall–Kier alpha value is -1.13. The van der Waals surface area contributed by atoms with Crippen LogP contribution in [-0.2, 0) is 4.79 Å². The minimum absolute atomic E-state index is 0.0111. The molecule has 2 unspecified atom stereocenters. The molecule has 0 bridgehead atoms. The number of rotatable bonds is 3. The van der Waals surface area contributed by atoms with Gasteiger partial charge in [-0.15, -0.1) is 0 Å². The smallest absolute Gasteiger partial charge is 0.242 e. The van der Waals surface area contributed by atoms with E-state index in [1.165, 1.54) is 6.20 Å². The Morgan fingerprint density at radius 2 is 2.44 bits per heavy atom. The van der Waals surface area contributed by atoms with E-state index >= 15 is 0 Å². The van der Waals surface area contributed by atoms with E-state index in [-0.39, 0.29) is 11.9 Å². The van der Waals surface area contributed by atoms with Crippen molar-refractivity contribution in [2.75, 3.05) is 11.9 Å². The quantitative estimate of drug-likeness (QED) is 0.885. The SMILES string of the molecule is CCC1CCNC(C(=O)Nc2ccc(Cl)cn2)C1. The van der Waals surface area contributed by atoms with Gasteiger partial charge in [0.25, 0.3) is 0 Å². The third kappa shape index (κ3) is 3.43. The molecule has 1 aromatic heterocycles. The number of aromatic nitrogens is 1. The first-order chi connectivity index (χ1) is 8.69. The molecule has 4 nitrogen and oxygen atoms in total. The number of amides is 1. The van der Waals surface area contributed by atoms with Crippen molar-refractivity contribution in [3.8, 4) is 0 Å². The molecule has 0 saturated carbocycles. The van der Waals surface area contributed by atoms with E-state index in [0.717, 1.165) is 25.8 Å². The molecule has 5 heteroatoms. The van der Waals surface area contributed by atoms with Gasteiger partial charge in [0, 0.05) is 6.20 Å². The van der Waals surface area contributed by atoms with Crippen LogP contribution in [-0.4, -0.2) is 23.5 Å². The van der Waals surface area contributed by atoms with Crippen LogP contribution in [0.1, 0.15) is 26.2 Å². The maximum atomic E-state index is 12.1. The van der Waals surface area contributed by atoms with Crippen LogP contribution in [0.5, 0.6) is 0 Å². The average Bonchev–Trinajstić information content (AvgIpc) is 2.41. The Bertz CT molecular complexity index is 407. The summed E-state index contributed by atoms with van der Waals surface area (Å²) in [6.45, 7) is 3.08. The Kier molecular flexibility index (Phi) is 4.55. The molecule has 2 rings (SSSR count). The van der Waals surface area contributed by atoms with E-state index in [1.807, 2.05) is 0 Å². The normalized spacial score (nSPS) is 23.7. The number of hydrogen-bond acceptors (Lipinski definition) is 3. The lowest BCUT2D eigenvalue weighted by Gasteiger charge is -2.28. The van der Waals surface area contributed by atoms with Crippen LogP contribution in [0.2, 0.25) is 5.02 Å². The van der Waals surface area contributed by atoms with Crippen molar-refractivity contribution in [2.24, 2.45) is 5.92 Å². The fourth-order valence-electron chi connectivity index (χ4n) is 2.23. The summed E-state index contributed by atoms with van der Waals surface area (Å²) >= 11 is 5.75. The summed E-state index contributed by atoms with van der Waals surface area (Å²) in [5.41, 5.74) is 0. The molecular formula is C13H18ClN3O. The fraction of sp³-hybridized carbons (Fsp3) is 0.538. The minimum atomic E-state index is -0.110. The summed E-state index contributed by atoms with van der Waals surface area (Å²) < 4.78 is 0. The highest BCUT2D eigenvalue weighted by atomic mass is 35.5. The third-order valence-corrected chi connectivity index (χ3v) is 3.61. The lowest BCUT2D eigenvalue weighted by molar-refractivity contribution is -0.119. The van der Waals surface area contributed by atoms with Crippen molar-refractivity contribution < 1.29 is 4.79 Å². The number of carbonyl (C=O) groups excluding carboxylic acids is 1. The molecule has 0 spiro atoms. The number of anilines is 1. The molecule has 2 atom stereocenters. The van der Waals surface area contributed by atoms with Gasteiger partial charge < -0.3 is 10.6 Å². The average molecular weight is 268 g/mol. The molecule has 1 saturated heterocycles. The van der Waals surface area contributed by atoms with Gasteiger partial charge in [-0.25, -0.2) is 4.98 Å². The van der Waals surface area contributed by atoms with Crippen molar-refractivity contribution in [3.63, 3.8) is 0 Å². The highest BCUT2D eigenvalue weighted by Crippen LogP contribution is 2.20. The lowest BCUT2D eigenvalue weighted by atomic mass is 9.90. The van der Waals surface area contributed by atoms with Crippen LogP contribution in [0.15, 0.2) is 18.3 Å². The molecule has 98 valence electrons. The van der Waals surface area contributed by atoms with E-state index in [4.69, 9.17) is 11.6 Å². The van der Waals surface area contributed by atoms with Crippen molar-refractivity contribution in [3.05, 3.63) is 23.4 Å². The van der Waals surface area contributed by atoms with E-state index in [2.05, 4.69) is 22.5 Å². The second-order valence-electron chi connectivity index (χ2n) is 4.66. The Labute approximate surface area is 112 Å². The molecule has 1 amide bonds. The monoisotopic (exact) mass is 267 g/mol. The standard InChI is InChI=1S/C13H18ClN3O/c1-2-9-5-6-15-11(7-9)13(18)17-12-4-3-10(14)8-16-12/h3-4,8-9,11,15H,2,5-7H2,1H3,(H,16,17,18). The summed E-state index contributed by atoms with van der Waals surface area (Å²) in [5.74, 6) is 1.17. The molecule has 2 heterocycles. The van der Waals surface area contributed by atoms with Gasteiger partial charge in [0.1, 0.15) is 5.82 Å². The summed E-state index contributed by atoms with van der Waals surface area (Å²) in [6.07, 6.45) is 4.71. The second kappa shape index (κ2) is 6.16. The highest BCUT2D eigenvalue weighted by molar-refractivity contribution is 6.30. The molecule has 0 radical (unpaired) electrons. The number of halogens is 1. The molecule has 1 aromatic rings. The van der Waals surface area contributed by atoms with Gasteiger partial charge in [-0.1, -0.05) is 24.9 Å². The summed E-state index contributed by atoms with van der Waals surface area (Å²) in [5, 5.41) is 6.63. The third-order valence-electron chi connectivity index (χ3n) is 3.38. The number of pyridine rings is 1. The van der Waals surface area contributed by atoms with Crippen molar-refractivity contribution in [2.45, 2.75) is 32.2 Å². The molecule has 1 aliphatic rings. The first kappa shape index (κ1) is 13.3. The number of hydrogen-bond donors (Lipinski definition) is 2. The number of carbonyl (C=O) groups is 1. The van der Waals surface area contributed by atoms with Crippen LogP contribution in [0, 0.1) is 5.92 Å². The van der Waals surface area contributed by atoms with Gasteiger partial charge in [-0.3, -0.25) is 4.79 Å². The van der Waals surface area contributed by atoms with E-state index in [9.17, 15) is 4.79 Å². The van der Waals surface area contributed by atoms with Gasteiger partial charge in [-0.2, -0.15) is 0 Å². The van der Waals surface area contributed by atoms with Crippen LogP contribution in [0.4, 0.5) is 5.82 Å². The van der Waals surface area contributed by atoms with Crippen LogP contribution in [0.3, 0.4) is 0 Å². The summed E-state index contributed by atoms with van der Waals surface area (Å²) in [7, 11) is 0. The van der Waals surface area contributed by atoms with Crippen molar-refractivity contribution in [1.29, 1.82) is 0 Å². The van der Waals surface area contributed by atoms with Gasteiger partial charge in [0.2, 0.25) is 5.91 Å². The van der Waals surface area contributed by atoms with E-state index < -0.39 is 0 Å². The van der Waals surface area contributed by atoms with Gasteiger partial charge in [0.05, 0.1) is 11.1 Å². The first-order valence-corrected chi connectivity index (χ1v) is 6.72. The Balaban J connectivity index is 1.93. The predicted molar refractivity (Wildman–Crippen MR) is 72.7 cm³/mol. The Morgan fingerprint density at radius 1 is 1.61 bits per heavy atom. The van der Waals surface area contributed by atoms with Crippen LogP contribution < -0.4 is 10.6 Å². The van der Waals surface area contributed by atoms with Crippen molar-refractivity contribution in [1.82, 2.24) is 10.3 Å². The molecule has 2 N–H and O–H groups in total. The fourth-order valence-corrected chi connectivity index (χ4v) is 2.34. The predicted octanol–water partition coefficient (Wildman–Crippen LogP) is 2.45. The molecule has 0 aliphatic carbocycles. The highest BCUT2D eigenvalue weighted by Gasteiger charge is 2.25. The largest absolute Gasteiger partial charge is 0.309 e. The number of nitrogens with one attached hydrogen (secondary N) is 2. The number of piperidine rings is 1. The molecule has 0 aromatic carbocycles. The Morgan fingerprint density at radius 3 is 3.11 bits per heavy atom.